The third kappa shape index (κ3) is 2.18. The Kier molecular flexibility index (Phi) is 3.01. The van der Waals surface area contributed by atoms with Crippen molar-refractivity contribution in [3.05, 3.63) is 23.9 Å². The quantitative estimate of drug-likeness (QED) is 0.688. The maximum atomic E-state index is 9.12. The predicted molar refractivity (Wildman–Crippen MR) is 43.2 cm³/mol. The van der Waals surface area contributed by atoms with Crippen molar-refractivity contribution in [1.29, 1.82) is 0 Å². The number of aliphatic hydroxyl groups is 2. The molecule has 1 aromatic heterocycles. The van der Waals surface area contributed by atoms with Gasteiger partial charge in [0.1, 0.15) is 12.0 Å². The van der Waals surface area contributed by atoms with Crippen LogP contribution in [0, 0.1) is 0 Å². The third-order valence-corrected chi connectivity index (χ3v) is 1.50. The van der Waals surface area contributed by atoms with Crippen LogP contribution in [0.1, 0.15) is 12.6 Å². The van der Waals surface area contributed by atoms with Crippen LogP contribution in [0.4, 0.5) is 0 Å². The lowest BCUT2D eigenvalue weighted by Crippen LogP contribution is -2.07. The molecule has 2 N–H and O–H groups in total. The monoisotopic (exact) mass is 169 g/mol. The Bertz CT molecular complexity index is 251. The van der Waals surface area contributed by atoms with E-state index in [4.69, 9.17) is 14.6 Å². The van der Waals surface area contributed by atoms with E-state index in [-0.39, 0.29) is 6.61 Å². The molecule has 1 aromatic rings. The lowest BCUT2D eigenvalue weighted by Gasteiger charge is -2.04. The van der Waals surface area contributed by atoms with Crippen molar-refractivity contribution in [2.45, 2.75) is 13.0 Å². The molecular formula is C8H11NO3. The molecule has 4 nitrogen and oxygen atoms in total. The Balaban J connectivity index is 2.78. The summed E-state index contributed by atoms with van der Waals surface area (Å²) in [6.07, 6.45) is 3.67. The Labute approximate surface area is 70.2 Å². The van der Waals surface area contributed by atoms with E-state index in [2.05, 4.69) is 4.98 Å². The number of oxazole rings is 1. The molecule has 0 spiro atoms. The van der Waals surface area contributed by atoms with Crippen molar-refractivity contribution >= 4 is 6.08 Å². The molecule has 12 heavy (non-hydrogen) atoms. The summed E-state index contributed by atoms with van der Waals surface area (Å²) in [7, 11) is 0. The highest BCUT2D eigenvalue weighted by Crippen LogP contribution is 2.07. The molecular weight excluding hydrogens is 158 g/mol. The zero-order chi connectivity index (χ0) is 8.97. The fourth-order valence-corrected chi connectivity index (χ4v) is 0.781. The molecule has 0 saturated heterocycles. The minimum absolute atomic E-state index is 0.176. The molecule has 0 radical (unpaired) electrons. The van der Waals surface area contributed by atoms with Crippen LogP contribution < -0.4 is 0 Å². The molecule has 0 aliphatic heterocycles. The Morgan fingerprint density at radius 3 is 3.00 bits per heavy atom. The van der Waals surface area contributed by atoms with Crippen LogP contribution in [0.25, 0.3) is 6.08 Å². The van der Waals surface area contributed by atoms with E-state index < -0.39 is 6.10 Å². The van der Waals surface area contributed by atoms with Crippen LogP contribution >= 0.6 is 0 Å². The smallest absolute Gasteiger partial charge is 0.181 e. The molecule has 4 heteroatoms. The summed E-state index contributed by atoms with van der Waals surface area (Å²) in [5.41, 5.74) is 1.11. The van der Waals surface area contributed by atoms with Gasteiger partial charge in [-0.25, -0.2) is 4.98 Å². The molecule has 1 atom stereocenters. The lowest BCUT2D eigenvalue weighted by molar-refractivity contribution is 0.206. The Morgan fingerprint density at radius 2 is 2.58 bits per heavy atom. The van der Waals surface area contributed by atoms with Gasteiger partial charge in [-0.3, -0.25) is 0 Å². The van der Waals surface area contributed by atoms with Crippen molar-refractivity contribution in [3.8, 4) is 0 Å². The molecule has 1 heterocycles. The van der Waals surface area contributed by atoms with Gasteiger partial charge in [-0.15, -0.1) is 0 Å². The van der Waals surface area contributed by atoms with Gasteiger partial charge < -0.3 is 14.6 Å². The summed E-state index contributed by atoms with van der Waals surface area (Å²) in [4.78, 5) is 3.82. The number of aliphatic hydroxyl groups excluding tert-OH is 2. The zero-order valence-electron chi connectivity index (χ0n) is 6.77. The second-order valence-electron chi connectivity index (χ2n) is 2.47. The molecule has 0 fully saturated rings. The van der Waals surface area contributed by atoms with E-state index in [1.54, 1.807) is 13.0 Å². The normalized spacial score (nSPS) is 14.8. The first-order chi connectivity index (χ1) is 5.74. The van der Waals surface area contributed by atoms with Gasteiger partial charge in [-0.1, -0.05) is 0 Å². The highest BCUT2D eigenvalue weighted by molar-refractivity contribution is 5.48. The van der Waals surface area contributed by atoms with E-state index in [1.807, 2.05) is 0 Å². The van der Waals surface area contributed by atoms with Gasteiger partial charge in [-0.2, -0.15) is 0 Å². The molecule has 0 aliphatic rings. The highest BCUT2D eigenvalue weighted by atomic mass is 16.3. The molecule has 1 unspecified atom stereocenters. The maximum absolute atomic E-state index is 9.12. The van der Waals surface area contributed by atoms with Gasteiger partial charge in [0.25, 0.3) is 0 Å². The van der Waals surface area contributed by atoms with Gasteiger partial charge in [0.2, 0.25) is 0 Å². The van der Waals surface area contributed by atoms with E-state index in [0.29, 0.717) is 11.3 Å². The molecule has 0 saturated carbocycles. The number of rotatable bonds is 3. The molecule has 0 amide bonds. The van der Waals surface area contributed by atoms with Crippen LogP contribution in [-0.4, -0.2) is 27.9 Å². The van der Waals surface area contributed by atoms with Gasteiger partial charge in [-0.05, 0) is 18.6 Å². The highest BCUT2D eigenvalue weighted by Gasteiger charge is 2.03. The van der Waals surface area contributed by atoms with E-state index in [0.717, 1.165) is 0 Å². The standard InChI is InChI=1S/C8H11NO3/c1-6(11)7(3-10)2-8-4-12-5-9-8/h2,4-6,10-11H,3H2,1H3/b7-2-. The first-order valence-corrected chi connectivity index (χ1v) is 3.61. The van der Waals surface area contributed by atoms with Crippen molar-refractivity contribution in [1.82, 2.24) is 4.98 Å². The first kappa shape index (κ1) is 8.96. The van der Waals surface area contributed by atoms with Gasteiger partial charge >= 0.3 is 0 Å². The minimum atomic E-state index is -0.660. The van der Waals surface area contributed by atoms with Gasteiger partial charge in [0.15, 0.2) is 6.39 Å². The summed E-state index contributed by atoms with van der Waals surface area (Å²) < 4.78 is 4.72. The zero-order valence-corrected chi connectivity index (χ0v) is 6.77. The SMILES string of the molecule is CC(O)/C(=C\c1cocn1)CO. The summed E-state index contributed by atoms with van der Waals surface area (Å²) in [6.45, 7) is 1.41. The Morgan fingerprint density at radius 1 is 1.83 bits per heavy atom. The van der Waals surface area contributed by atoms with Crippen molar-refractivity contribution < 1.29 is 14.6 Å². The average Bonchev–Trinajstić information content (AvgIpc) is 2.51. The molecule has 1 rings (SSSR count). The van der Waals surface area contributed by atoms with E-state index in [1.165, 1.54) is 12.7 Å². The second kappa shape index (κ2) is 4.04. The minimum Gasteiger partial charge on any atom is -0.451 e. The molecule has 0 aromatic carbocycles. The largest absolute Gasteiger partial charge is 0.451 e. The molecule has 66 valence electrons. The number of aromatic nitrogens is 1. The summed E-state index contributed by atoms with van der Waals surface area (Å²) in [5, 5.41) is 17.9. The lowest BCUT2D eigenvalue weighted by atomic mass is 10.1. The topological polar surface area (TPSA) is 66.5 Å². The van der Waals surface area contributed by atoms with Crippen LogP contribution in [-0.2, 0) is 0 Å². The van der Waals surface area contributed by atoms with Gasteiger partial charge in [0.05, 0.1) is 12.7 Å². The van der Waals surface area contributed by atoms with Crippen LogP contribution in [0.2, 0.25) is 0 Å². The Hall–Kier alpha value is -1.13. The second-order valence-corrected chi connectivity index (χ2v) is 2.47. The predicted octanol–water partition coefficient (Wildman–Crippen LogP) is 0.431. The average molecular weight is 169 g/mol. The first-order valence-electron chi connectivity index (χ1n) is 3.61. The fraction of sp³-hybridized carbons (Fsp3) is 0.375. The third-order valence-electron chi connectivity index (χ3n) is 1.50. The number of hydrogen-bond acceptors (Lipinski definition) is 4. The summed E-state index contributed by atoms with van der Waals surface area (Å²) >= 11 is 0. The maximum Gasteiger partial charge on any atom is 0.181 e. The van der Waals surface area contributed by atoms with Crippen molar-refractivity contribution in [2.75, 3.05) is 6.61 Å². The van der Waals surface area contributed by atoms with E-state index in [9.17, 15) is 0 Å². The van der Waals surface area contributed by atoms with Crippen molar-refractivity contribution in [2.24, 2.45) is 0 Å². The summed E-state index contributed by atoms with van der Waals surface area (Å²) in [6, 6.07) is 0. The fourth-order valence-electron chi connectivity index (χ4n) is 0.781. The number of nitrogens with zero attached hydrogens (tertiary/aromatic N) is 1. The molecule has 0 bridgehead atoms. The number of hydrogen-bond donors (Lipinski definition) is 2. The van der Waals surface area contributed by atoms with Crippen molar-refractivity contribution in [3.63, 3.8) is 0 Å². The van der Waals surface area contributed by atoms with Crippen LogP contribution in [0.3, 0.4) is 0 Å². The van der Waals surface area contributed by atoms with Crippen LogP contribution in [0.15, 0.2) is 22.6 Å². The van der Waals surface area contributed by atoms with Crippen LogP contribution in [0.5, 0.6) is 0 Å². The van der Waals surface area contributed by atoms with Gasteiger partial charge in [0, 0.05) is 0 Å². The summed E-state index contributed by atoms with van der Waals surface area (Å²) in [5.74, 6) is 0. The van der Waals surface area contributed by atoms with E-state index >= 15 is 0 Å². The molecule has 0 aliphatic carbocycles.